The summed E-state index contributed by atoms with van der Waals surface area (Å²) in [5.74, 6) is 0. The first kappa shape index (κ1) is 21.5. The molecule has 3 heteroatoms. The van der Waals surface area contributed by atoms with Gasteiger partial charge in [-0.15, -0.1) is 0 Å². The molecule has 0 atom stereocenters. The third kappa shape index (κ3) is 6.11. The molecule has 2 aromatic rings. The van der Waals surface area contributed by atoms with Crippen LogP contribution in [0, 0.1) is 6.92 Å². The van der Waals surface area contributed by atoms with Crippen LogP contribution in [0.1, 0.15) is 25.0 Å². The Morgan fingerprint density at radius 3 is 2.46 bits per heavy atom. The molecule has 0 radical (unpaired) electrons. The van der Waals surface area contributed by atoms with Crippen LogP contribution in [0.4, 0.5) is 5.69 Å². The summed E-state index contributed by atoms with van der Waals surface area (Å²) in [6, 6.07) is 14.5. The number of hydrogen-bond acceptors (Lipinski definition) is 2. The lowest BCUT2D eigenvalue weighted by Crippen LogP contribution is -2.14. The Labute approximate surface area is 173 Å². The van der Waals surface area contributed by atoms with E-state index in [4.69, 9.17) is 11.6 Å². The molecule has 0 saturated heterocycles. The van der Waals surface area contributed by atoms with Crippen molar-refractivity contribution in [2.75, 3.05) is 6.54 Å². The summed E-state index contributed by atoms with van der Waals surface area (Å²) < 4.78 is 0. The van der Waals surface area contributed by atoms with Gasteiger partial charge >= 0.3 is 0 Å². The number of nitrogens with zero attached hydrogens (tertiary/aromatic N) is 1. The van der Waals surface area contributed by atoms with Crippen molar-refractivity contribution in [2.45, 2.75) is 20.8 Å². The maximum atomic E-state index is 6.08. The van der Waals surface area contributed by atoms with Crippen LogP contribution < -0.4 is 5.32 Å². The lowest BCUT2D eigenvalue weighted by molar-refractivity contribution is 0.958. The van der Waals surface area contributed by atoms with E-state index in [2.05, 4.69) is 73.7 Å². The zero-order valence-corrected chi connectivity index (χ0v) is 17.6. The number of rotatable bonds is 8. The van der Waals surface area contributed by atoms with E-state index in [0.29, 0.717) is 11.7 Å². The molecule has 1 N–H and O–H groups in total. The fraction of sp³-hybridized carbons (Fsp3) is 0.160. The highest BCUT2D eigenvalue weighted by atomic mass is 35.5. The van der Waals surface area contributed by atoms with Crippen LogP contribution in [0.3, 0.4) is 0 Å². The number of benzene rings is 2. The number of hydrogen-bond donors (Lipinski definition) is 1. The van der Waals surface area contributed by atoms with Crippen LogP contribution in [0.5, 0.6) is 0 Å². The monoisotopic (exact) mass is 390 g/mol. The first-order valence-electron chi connectivity index (χ1n) is 9.21. The Morgan fingerprint density at radius 2 is 1.82 bits per heavy atom. The highest BCUT2D eigenvalue weighted by Gasteiger charge is 2.13. The van der Waals surface area contributed by atoms with E-state index in [1.807, 2.05) is 24.3 Å². The molecule has 0 amide bonds. The van der Waals surface area contributed by atoms with Crippen molar-refractivity contribution in [2.24, 2.45) is 4.99 Å². The topological polar surface area (TPSA) is 24.4 Å². The van der Waals surface area contributed by atoms with Crippen molar-refractivity contribution < 1.29 is 0 Å². The van der Waals surface area contributed by atoms with Gasteiger partial charge in [-0.25, -0.2) is 4.99 Å². The van der Waals surface area contributed by atoms with Crippen molar-refractivity contribution in [1.82, 2.24) is 5.32 Å². The summed E-state index contributed by atoms with van der Waals surface area (Å²) in [5, 5.41) is 3.91. The molecule has 2 aromatic carbocycles. The number of allylic oxidation sites excluding steroid dienone is 4. The summed E-state index contributed by atoms with van der Waals surface area (Å²) in [7, 11) is 0. The van der Waals surface area contributed by atoms with E-state index >= 15 is 0 Å². The molecule has 0 spiro atoms. The second kappa shape index (κ2) is 10.5. The molecule has 0 bridgehead atoms. The maximum Gasteiger partial charge on any atom is 0.103 e. The van der Waals surface area contributed by atoms with Crippen LogP contribution in [-0.2, 0) is 0 Å². The van der Waals surface area contributed by atoms with Crippen molar-refractivity contribution >= 4 is 28.2 Å². The number of halogens is 1. The van der Waals surface area contributed by atoms with Crippen LogP contribution in [0.2, 0.25) is 0 Å². The Hall–Kier alpha value is -2.84. The molecule has 0 fully saturated rings. The average molecular weight is 391 g/mol. The van der Waals surface area contributed by atoms with Gasteiger partial charge < -0.3 is 5.32 Å². The normalized spacial score (nSPS) is 12.3. The second-order valence-electron chi connectivity index (χ2n) is 6.64. The Morgan fingerprint density at radius 1 is 1.11 bits per heavy atom. The number of aliphatic imine (C=N–C) groups is 1. The minimum Gasteiger partial charge on any atom is -0.381 e. The maximum absolute atomic E-state index is 6.08. The van der Waals surface area contributed by atoms with Crippen LogP contribution in [-0.4, -0.2) is 11.7 Å². The van der Waals surface area contributed by atoms with Crippen LogP contribution in [0.25, 0.3) is 16.8 Å². The molecular weight excluding hydrogens is 364 g/mol. The van der Waals surface area contributed by atoms with Gasteiger partial charge in [0.2, 0.25) is 0 Å². The minimum atomic E-state index is 0.487. The van der Waals surface area contributed by atoms with E-state index in [-0.39, 0.29) is 0 Å². The van der Waals surface area contributed by atoms with Gasteiger partial charge in [-0.3, -0.25) is 0 Å². The van der Waals surface area contributed by atoms with Gasteiger partial charge in [-0.2, -0.15) is 0 Å². The average Bonchev–Trinajstić information content (AvgIpc) is 2.66. The standard InChI is InChI=1S/C25H27ClN2/c1-6-7-8-10-19(3)17-27-20(4)25-23(22-15-13-18(2)14-16-22)11-9-12-24(25)28-21(5)26/h6-16,27H,1,4,17H2,2-3,5H3/b8-7-,19-10+,28-21+. The fourth-order valence-corrected chi connectivity index (χ4v) is 2.87. The van der Waals surface area contributed by atoms with Gasteiger partial charge in [0.25, 0.3) is 0 Å². The SMILES string of the molecule is C=C/C=C\C=C(/C)CNC(=C)c1c(/N=C(\C)Cl)cccc1-c1ccc(C)cc1. The summed E-state index contributed by atoms with van der Waals surface area (Å²) in [5.41, 5.74) is 7.18. The van der Waals surface area contributed by atoms with Crippen molar-refractivity contribution in [3.63, 3.8) is 0 Å². The highest BCUT2D eigenvalue weighted by Crippen LogP contribution is 2.35. The fourth-order valence-electron chi connectivity index (χ4n) is 2.78. The molecule has 0 aliphatic carbocycles. The first-order chi connectivity index (χ1) is 13.4. The van der Waals surface area contributed by atoms with E-state index in [0.717, 1.165) is 28.1 Å². The Kier molecular flexibility index (Phi) is 8.03. The summed E-state index contributed by atoms with van der Waals surface area (Å²) in [6.07, 6.45) is 7.68. The largest absolute Gasteiger partial charge is 0.381 e. The Bertz CT molecular complexity index is 928. The van der Waals surface area contributed by atoms with Gasteiger partial charge in [0, 0.05) is 17.8 Å². The molecule has 0 heterocycles. The van der Waals surface area contributed by atoms with E-state index < -0.39 is 0 Å². The van der Waals surface area contributed by atoms with Crippen LogP contribution in [0.15, 0.2) is 90.5 Å². The van der Waals surface area contributed by atoms with E-state index in [1.54, 1.807) is 13.0 Å². The lowest BCUT2D eigenvalue weighted by atomic mass is 9.95. The highest BCUT2D eigenvalue weighted by molar-refractivity contribution is 6.65. The summed E-state index contributed by atoms with van der Waals surface area (Å²) in [6.45, 7) is 14.6. The first-order valence-corrected chi connectivity index (χ1v) is 9.59. The van der Waals surface area contributed by atoms with Crippen molar-refractivity contribution in [3.05, 3.63) is 96.6 Å². The third-order valence-corrected chi connectivity index (χ3v) is 4.27. The smallest absolute Gasteiger partial charge is 0.103 e. The lowest BCUT2D eigenvalue weighted by Gasteiger charge is -2.17. The van der Waals surface area contributed by atoms with E-state index in [1.165, 1.54) is 11.1 Å². The van der Waals surface area contributed by atoms with Crippen molar-refractivity contribution in [3.8, 4) is 11.1 Å². The molecule has 0 saturated carbocycles. The minimum absolute atomic E-state index is 0.487. The predicted molar refractivity (Wildman–Crippen MR) is 125 cm³/mol. The molecule has 28 heavy (non-hydrogen) atoms. The molecule has 0 unspecified atom stereocenters. The third-order valence-electron chi connectivity index (χ3n) is 4.19. The summed E-state index contributed by atoms with van der Waals surface area (Å²) in [4.78, 5) is 4.52. The predicted octanol–water partition coefficient (Wildman–Crippen LogP) is 7.20. The van der Waals surface area contributed by atoms with Gasteiger partial charge in [0.05, 0.1) is 5.69 Å². The van der Waals surface area contributed by atoms with Gasteiger partial charge in [-0.1, -0.05) is 96.6 Å². The van der Waals surface area contributed by atoms with Crippen molar-refractivity contribution in [1.29, 1.82) is 0 Å². The Balaban J connectivity index is 2.41. The van der Waals surface area contributed by atoms with Gasteiger partial charge in [0.15, 0.2) is 0 Å². The molecule has 144 valence electrons. The molecule has 2 nitrogen and oxygen atoms in total. The quantitative estimate of drug-likeness (QED) is 0.374. The van der Waals surface area contributed by atoms with Crippen LogP contribution >= 0.6 is 11.6 Å². The zero-order valence-electron chi connectivity index (χ0n) is 16.8. The van der Waals surface area contributed by atoms with Gasteiger partial charge in [0.1, 0.15) is 5.17 Å². The number of nitrogens with one attached hydrogen (secondary N) is 1. The van der Waals surface area contributed by atoms with Gasteiger partial charge in [-0.05, 0) is 38.0 Å². The summed E-state index contributed by atoms with van der Waals surface area (Å²) >= 11 is 6.08. The second-order valence-corrected chi connectivity index (χ2v) is 7.19. The molecule has 0 aromatic heterocycles. The molecule has 2 rings (SSSR count). The zero-order chi connectivity index (χ0) is 20.5. The molecular formula is C25H27ClN2. The molecule has 0 aliphatic rings. The molecule has 0 aliphatic heterocycles. The van der Waals surface area contributed by atoms with E-state index in [9.17, 15) is 0 Å². The number of aryl methyl sites for hydroxylation is 1.